The summed E-state index contributed by atoms with van der Waals surface area (Å²) in [6, 6.07) is 21.3. The zero-order chi connectivity index (χ0) is 23.4. The minimum atomic E-state index is -2.92. The number of aromatic nitrogens is 3. The molecule has 0 aliphatic carbocycles. The number of hydrogen-bond donors (Lipinski definition) is 1. The highest BCUT2D eigenvalue weighted by Crippen LogP contribution is 2.20. The van der Waals surface area contributed by atoms with Crippen molar-refractivity contribution in [1.29, 1.82) is 0 Å². The van der Waals surface area contributed by atoms with Gasteiger partial charge in [-0.3, -0.25) is 9.59 Å². The molecule has 0 aliphatic heterocycles. The molecule has 1 amide bonds. The summed E-state index contributed by atoms with van der Waals surface area (Å²) in [4.78, 5) is 25.5. The molecule has 9 heteroatoms. The molecule has 0 radical (unpaired) electrons. The number of anilines is 1. The molecule has 0 aliphatic rings. The Kier molecular flexibility index (Phi) is 6.21. The van der Waals surface area contributed by atoms with Gasteiger partial charge in [-0.2, -0.15) is 8.78 Å². The van der Waals surface area contributed by atoms with Crippen LogP contribution in [0.25, 0.3) is 5.69 Å². The smallest absolute Gasteiger partial charge is 0.387 e. The van der Waals surface area contributed by atoms with Crippen LogP contribution in [0.1, 0.15) is 32.1 Å². The Bertz CT molecular complexity index is 1290. The van der Waals surface area contributed by atoms with Gasteiger partial charge in [0.05, 0.1) is 11.4 Å². The quantitative estimate of drug-likeness (QED) is 0.416. The van der Waals surface area contributed by atoms with Crippen LogP contribution in [0.3, 0.4) is 0 Å². The molecule has 166 valence electrons. The van der Waals surface area contributed by atoms with Gasteiger partial charge in [0.1, 0.15) is 5.75 Å². The lowest BCUT2D eigenvalue weighted by molar-refractivity contribution is -0.0498. The summed E-state index contributed by atoms with van der Waals surface area (Å²) in [6.45, 7) is -1.26. The molecule has 1 aromatic heterocycles. The van der Waals surface area contributed by atoms with Gasteiger partial charge in [0.25, 0.3) is 5.91 Å². The maximum absolute atomic E-state index is 12.8. The van der Waals surface area contributed by atoms with Crippen LogP contribution < -0.4 is 10.1 Å². The molecule has 0 saturated carbocycles. The second kappa shape index (κ2) is 9.39. The molecule has 4 aromatic rings. The normalized spacial score (nSPS) is 10.8. The van der Waals surface area contributed by atoms with E-state index in [-0.39, 0.29) is 17.2 Å². The number of alkyl halides is 2. The molecule has 0 atom stereocenters. The van der Waals surface area contributed by atoms with E-state index in [9.17, 15) is 18.4 Å². The Morgan fingerprint density at radius 3 is 2.33 bits per heavy atom. The van der Waals surface area contributed by atoms with Crippen LogP contribution >= 0.6 is 0 Å². The molecule has 3 aromatic carbocycles. The topological polar surface area (TPSA) is 86.1 Å². The van der Waals surface area contributed by atoms with Gasteiger partial charge in [-0.05, 0) is 43.3 Å². The van der Waals surface area contributed by atoms with Gasteiger partial charge < -0.3 is 10.1 Å². The lowest BCUT2D eigenvalue weighted by atomic mass is 10.0. The molecular weight excluding hydrogens is 430 g/mol. The fraction of sp³-hybridized carbons (Fsp3) is 0.0833. The number of carbonyl (C=O) groups is 2. The monoisotopic (exact) mass is 448 g/mol. The van der Waals surface area contributed by atoms with E-state index >= 15 is 0 Å². The summed E-state index contributed by atoms with van der Waals surface area (Å²) in [5.41, 5.74) is 2.48. The first-order valence-corrected chi connectivity index (χ1v) is 9.91. The van der Waals surface area contributed by atoms with E-state index in [1.54, 1.807) is 55.5 Å². The molecule has 0 bridgehead atoms. The number of rotatable bonds is 7. The van der Waals surface area contributed by atoms with Crippen molar-refractivity contribution in [3.63, 3.8) is 0 Å². The van der Waals surface area contributed by atoms with Crippen molar-refractivity contribution in [1.82, 2.24) is 15.0 Å². The van der Waals surface area contributed by atoms with Crippen molar-refractivity contribution >= 4 is 17.4 Å². The number of hydrogen-bond acceptors (Lipinski definition) is 5. The lowest BCUT2D eigenvalue weighted by Gasteiger charge is -2.08. The molecule has 33 heavy (non-hydrogen) atoms. The fourth-order valence-corrected chi connectivity index (χ4v) is 3.24. The van der Waals surface area contributed by atoms with Crippen LogP contribution in [0.4, 0.5) is 14.5 Å². The Morgan fingerprint density at radius 1 is 0.939 bits per heavy atom. The van der Waals surface area contributed by atoms with Gasteiger partial charge in [-0.15, -0.1) is 5.10 Å². The molecule has 1 N–H and O–H groups in total. The minimum absolute atomic E-state index is 0.00872. The first kappa shape index (κ1) is 21.8. The zero-order valence-corrected chi connectivity index (χ0v) is 17.4. The van der Waals surface area contributed by atoms with Gasteiger partial charge in [0.15, 0.2) is 11.5 Å². The number of carbonyl (C=O) groups excluding carboxylic acids is 2. The summed E-state index contributed by atoms with van der Waals surface area (Å²) in [5, 5.41) is 10.7. The van der Waals surface area contributed by atoms with Crippen molar-refractivity contribution in [2.45, 2.75) is 13.5 Å². The largest absolute Gasteiger partial charge is 0.435 e. The molecule has 1 heterocycles. The number of ether oxygens (including phenoxy) is 1. The number of benzene rings is 3. The Morgan fingerprint density at radius 2 is 1.64 bits per heavy atom. The van der Waals surface area contributed by atoms with Crippen molar-refractivity contribution < 1.29 is 23.1 Å². The summed E-state index contributed by atoms with van der Waals surface area (Å²) in [7, 11) is 0. The third-order valence-corrected chi connectivity index (χ3v) is 4.83. The van der Waals surface area contributed by atoms with E-state index in [4.69, 9.17) is 0 Å². The number of nitrogens with one attached hydrogen (secondary N) is 1. The van der Waals surface area contributed by atoms with Gasteiger partial charge >= 0.3 is 6.61 Å². The van der Waals surface area contributed by atoms with E-state index < -0.39 is 12.5 Å². The Balaban J connectivity index is 1.51. The predicted molar refractivity (Wildman–Crippen MR) is 117 cm³/mol. The summed E-state index contributed by atoms with van der Waals surface area (Å²) < 4.78 is 30.4. The third kappa shape index (κ3) is 4.93. The van der Waals surface area contributed by atoms with Gasteiger partial charge in [-0.25, -0.2) is 4.68 Å². The number of halogens is 2. The van der Waals surface area contributed by atoms with Crippen LogP contribution in [0.5, 0.6) is 5.75 Å². The maximum atomic E-state index is 12.8. The molecule has 7 nitrogen and oxygen atoms in total. The first-order chi connectivity index (χ1) is 15.9. The van der Waals surface area contributed by atoms with Crippen LogP contribution in [0.15, 0.2) is 78.9 Å². The zero-order valence-electron chi connectivity index (χ0n) is 17.4. The second-order valence-corrected chi connectivity index (χ2v) is 7.04. The van der Waals surface area contributed by atoms with Gasteiger partial charge in [0, 0.05) is 16.8 Å². The summed E-state index contributed by atoms with van der Waals surface area (Å²) in [5.74, 6) is -0.650. The predicted octanol–water partition coefficient (Wildman–Crippen LogP) is 4.66. The minimum Gasteiger partial charge on any atom is -0.435 e. The van der Waals surface area contributed by atoms with Crippen LogP contribution in [-0.4, -0.2) is 33.3 Å². The first-order valence-electron chi connectivity index (χ1n) is 9.91. The van der Waals surface area contributed by atoms with Crippen LogP contribution in [-0.2, 0) is 0 Å². The average molecular weight is 448 g/mol. The van der Waals surface area contributed by atoms with E-state index in [0.29, 0.717) is 28.2 Å². The van der Waals surface area contributed by atoms with Gasteiger partial charge in [0.2, 0.25) is 0 Å². The van der Waals surface area contributed by atoms with Crippen molar-refractivity contribution in [3.05, 3.63) is 101 Å². The Labute approximate surface area is 187 Å². The van der Waals surface area contributed by atoms with Crippen molar-refractivity contribution in [2.24, 2.45) is 0 Å². The van der Waals surface area contributed by atoms with E-state index in [0.717, 1.165) is 0 Å². The third-order valence-electron chi connectivity index (χ3n) is 4.83. The number of nitrogens with zero attached hydrogens (tertiary/aromatic N) is 3. The van der Waals surface area contributed by atoms with Gasteiger partial charge in [-0.1, -0.05) is 47.7 Å². The van der Waals surface area contributed by atoms with E-state index in [1.165, 1.54) is 28.9 Å². The van der Waals surface area contributed by atoms with Crippen molar-refractivity contribution in [2.75, 3.05) is 5.32 Å². The highest BCUT2D eigenvalue weighted by Gasteiger charge is 2.18. The maximum Gasteiger partial charge on any atom is 0.387 e. The number of ketones is 1. The van der Waals surface area contributed by atoms with E-state index in [2.05, 4.69) is 20.4 Å². The second-order valence-electron chi connectivity index (χ2n) is 7.04. The van der Waals surface area contributed by atoms with Crippen molar-refractivity contribution in [3.8, 4) is 11.4 Å². The lowest BCUT2D eigenvalue weighted by Crippen LogP contribution is -2.14. The van der Waals surface area contributed by atoms with E-state index in [1.807, 2.05) is 6.07 Å². The average Bonchev–Trinajstić information content (AvgIpc) is 3.21. The van der Waals surface area contributed by atoms with Crippen LogP contribution in [0.2, 0.25) is 0 Å². The summed E-state index contributed by atoms with van der Waals surface area (Å²) >= 11 is 0. The molecule has 0 spiro atoms. The SMILES string of the molecule is Cc1c(C(=O)Nc2cccc(C(=O)c3ccccc3)c2)nnn1-c1ccc(OC(F)F)cc1. The molecule has 0 saturated heterocycles. The summed E-state index contributed by atoms with van der Waals surface area (Å²) in [6.07, 6.45) is 0. The molecule has 0 fully saturated rings. The Hall–Kier alpha value is -4.40. The molecular formula is C24H18F2N4O3. The number of amides is 1. The molecule has 0 unspecified atom stereocenters. The molecule has 4 rings (SSSR count). The fourth-order valence-electron chi connectivity index (χ4n) is 3.24. The highest BCUT2D eigenvalue weighted by atomic mass is 19.3. The highest BCUT2D eigenvalue weighted by molar-refractivity contribution is 6.10. The van der Waals surface area contributed by atoms with Crippen LogP contribution in [0, 0.1) is 6.92 Å². The standard InChI is InChI=1S/C24H18F2N4O3/c1-15-21(28-29-30(15)19-10-12-20(13-11-19)33-24(25)26)23(32)27-18-9-5-8-17(14-18)22(31)16-6-3-2-4-7-16/h2-14,24H,1H3,(H,27,32).